The standard InChI is InChI=1S/C25H26N2O3S/c1-30-21-9-3-2-7-19(21)15-23(28)27-12-11-25(17-27,24(26)29)16-18-6-4-8-20(14-18)22-10-5-13-31-22/h2-10,13-14H,11-12,15-17H2,1H3,(H2,26,29)/t25-/m1/s1. The van der Waals surface area contributed by atoms with E-state index in [-0.39, 0.29) is 18.2 Å². The fraction of sp³-hybridized carbons (Fsp3) is 0.280. The van der Waals surface area contributed by atoms with Crippen LogP contribution in [0.2, 0.25) is 0 Å². The lowest BCUT2D eigenvalue weighted by Crippen LogP contribution is -2.42. The molecule has 2 aromatic carbocycles. The smallest absolute Gasteiger partial charge is 0.227 e. The SMILES string of the molecule is COc1ccccc1CC(=O)N1CC[C@](Cc2cccc(-c3cccs3)c2)(C(N)=O)C1. The molecule has 2 amide bonds. The van der Waals surface area contributed by atoms with Crippen molar-refractivity contribution in [3.63, 3.8) is 0 Å². The molecule has 2 N–H and O–H groups in total. The minimum Gasteiger partial charge on any atom is -0.496 e. The molecular weight excluding hydrogens is 408 g/mol. The zero-order valence-electron chi connectivity index (χ0n) is 17.5. The maximum absolute atomic E-state index is 13.0. The Labute approximate surface area is 186 Å². The van der Waals surface area contributed by atoms with E-state index in [2.05, 4.69) is 23.6 Å². The first-order valence-corrected chi connectivity index (χ1v) is 11.2. The van der Waals surface area contributed by atoms with E-state index in [0.717, 1.165) is 16.7 Å². The summed E-state index contributed by atoms with van der Waals surface area (Å²) in [6, 6.07) is 19.9. The molecule has 3 aromatic rings. The first-order valence-electron chi connectivity index (χ1n) is 10.3. The first-order chi connectivity index (χ1) is 15.0. The fourth-order valence-electron chi connectivity index (χ4n) is 4.31. The molecule has 4 rings (SSSR count). The first kappa shape index (κ1) is 21.1. The van der Waals surface area contributed by atoms with Gasteiger partial charge in [-0.25, -0.2) is 0 Å². The van der Waals surface area contributed by atoms with Crippen LogP contribution < -0.4 is 10.5 Å². The number of nitrogens with two attached hydrogens (primary N) is 1. The topological polar surface area (TPSA) is 72.6 Å². The summed E-state index contributed by atoms with van der Waals surface area (Å²) in [5.74, 6) is 0.336. The van der Waals surface area contributed by atoms with Gasteiger partial charge in [0.05, 0.1) is 18.9 Å². The molecule has 5 nitrogen and oxygen atoms in total. The van der Waals surface area contributed by atoms with Gasteiger partial charge in [-0.05, 0) is 41.5 Å². The van der Waals surface area contributed by atoms with E-state index in [4.69, 9.17) is 10.5 Å². The molecule has 0 radical (unpaired) electrons. The number of hydrogen-bond acceptors (Lipinski definition) is 4. The molecule has 0 unspecified atom stereocenters. The lowest BCUT2D eigenvalue weighted by Gasteiger charge is -2.26. The predicted octanol–water partition coefficient (Wildman–Crippen LogP) is 3.91. The van der Waals surface area contributed by atoms with Gasteiger partial charge < -0.3 is 15.4 Å². The normalized spacial score (nSPS) is 18.2. The molecule has 1 saturated heterocycles. The number of carbonyl (C=O) groups is 2. The number of primary amides is 1. The van der Waals surface area contributed by atoms with E-state index in [1.807, 2.05) is 42.5 Å². The second-order valence-electron chi connectivity index (χ2n) is 8.05. The Morgan fingerprint density at radius 3 is 2.71 bits per heavy atom. The number of ether oxygens (including phenoxy) is 1. The van der Waals surface area contributed by atoms with Gasteiger partial charge in [0.1, 0.15) is 5.75 Å². The molecule has 2 heterocycles. The molecule has 160 valence electrons. The van der Waals surface area contributed by atoms with E-state index < -0.39 is 5.41 Å². The Balaban J connectivity index is 1.50. The summed E-state index contributed by atoms with van der Waals surface area (Å²) in [5, 5.41) is 2.05. The van der Waals surface area contributed by atoms with Crippen molar-refractivity contribution in [2.45, 2.75) is 19.3 Å². The fourth-order valence-corrected chi connectivity index (χ4v) is 5.03. The number of hydrogen-bond donors (Lipinski definition) is 1. The average Bonchev–Trinajstić information content (AvgIpc) is 3.45. The molecule has 0 saturated carbocycles. The zero-order valence-corrected chi connectivity index (χ0v) is 18.4. The molecule has 0 spiro atoms. The third-order valence-corrected chi connectivity index (χ3v) is 6.96. The second kappa shape index (κ2) is 8.94. The quantitative estimate of drug-likeness (QED) is 0.613. The van der Waals surface area contributed by atoms with Crippen molar-refractivity contribution in [1.29, 1.82) is 0 Å². The van der Waals surface area contributed by atoms with Gasteiger partial charge in [-0.1, -0.05) is 48.5 Å². The zero-order chi connectivity index (χ0) is 21.8. The van der Waals surface area contributed by atoms with Gasteiger partial charge in [-0.15, -0.1) is 11.3 Å². The number of rotatable bonds is 7. The minimum atomic E-state index is -0.746. The van der Waals surface area contributed by atoms with Crippen LogP contribution in [0.5, 0.6) is 5.75 Å². The lowest BCUT2D eigenvalue weighted by atomic mass is 9.80. The Kier molecular flexibility index (Phi) is 6.09. The number of para-hydroxylation sites is 1. The maximum Gasteiger partial charge on any atom is 0.227 e. The van der Waals surface area contributed by atoms with Crippen LogP contribution in [0.4, 0.5) is 0 Å². The molecule has 1 aromatic heterocycles. The van der Waals surface area contributed by atoms with Crippen molar-refractivity contribution < 1.29 is 14.3 Å². The second-order valence-corrected chi connectivity index (χ2v) is 9.00. The Bertz CT molecular complexity index is 1080. The Morgan fingerprint density at radius 2 is 1.97 bits per heavy atom. The van der Waals surface area contributed by atoms with Crippen molar-refractivity contribution in [3.8, 4) is 16.2 Å². The number of carbonyl (C=O) groups excluding carboxylic acids is 2. The monoisotopic (exact) mass is 434 g/mol. The van der Waals surface area contributed by atoms with E-state index in [9.17, 15) is 9.59 Å². The van der Waals surface area contributed by atoms with Crippen molar-refractivity contribution in [1.82, 2.24) is 4.90 Å². The van der Waals surface area contributed by atoms with Crippen molar-refractivity contribution in [2.24, 2.45) is 11.1 Å². The largest absolute Gasteiger partial charge is 0.496 e. The van der Waals surface area contributed by atoms with E-state index in [1.54, 1.807) is 23.3 Å². The van der Waals surface area contributed by atoms with Crippen LogP contribution in [-0.2, 0) is 22.4 Å². The summed E-state index contributed by atoms with van der Waals surface area (Å²) in [6.07, 6.45) is 1.34. The van der Waals surface area contributed by atoms with E-state index >= 15 is 0 Å². The highest BCUT2D eigenvalue weighted by atomic mass is 32.1. The van der Waals surface area contributed by atoms with Crippen LogP contribution in [0.3, 0.4) is 0 Å². The summed E-state index contributed by atoms with van der Waals surface area (Å²) < 4.78 is 5.36. The van der Waals surface area contributed by atoms with E-state index in [1.165, 1.54) is 4.88 Å². The molecule has 6 heteroatoms. The van der Waals surface area contributed by atoms with Crippen LogP contribution >= 0.6 is 11.3 Å². The van der Waals surface area contributed by atoms with Gasteiger partial charge in [0.25, 0.3) is 0 Å². The number of benzene rings is 2. The van der Waals surface area contributed by atoms with Gasteiger partial charge in [-0.2, -0.15) is 0 Å². The van der Waals surface area contributed by atoms with Gasteiger partial charge in [-0.3, -0.25) is 9.59 Å². The van der Waals surface area contributed by atoms with E-state index in [0.29, 0.717) is 31.7 Å². The third kappa shape index (κ3) is 4.49. The molecular formula is C25H26N2O3S. The summed E-state index contributed by atoms with van der Waals surface area (Å²) in [4.78, 5) is 28.5. The Hall–Kier alpha value is -3.12. The molecule has 1 aliphatic heterocycles. The van der Waals surface area contributed by atoms with Crippen LogP contribution in [0.15, 0.2) is 66.0 Å². The third-order valence-electron chi connectivity index (χ3n) is 6.04. The summed E-state index contributed by atoms with van der Waals surface area (Å²) in [5.41, 5.74) is 8.17. The summed E-state index contributed by atoms with van der Waals surface area (Å²) >= 11 is 1.69. The summed E-state index contributed by atoms with van der Waals surface area (Å²) in [6.45, 7) is 0.876. The molecule has 1 atom stereocenters. The van der Waals surface area contributed by atoms with Gasteiger partial charge in [0, 0.05) is 23.5 Å². The van der Waals surface area contributed by atoms with Crippen molar-refractivity contribution in [2.75, 3.05) is 20.2 Å². The van der Waals surface area contributed by atoms with Crippen molar-refractivity contribution in [3.05, 3.63) is 77.2 Å². The number of nitrogens with zero attached hydrogens (tertiary/aromatic N) is 1. The van der Waals surface area contributed by atoms with Gasteiger partial charge in [0.2, 0.25) is 11.8 Å². The van der Waals surface area contributed by atoms with Gasteiger partial charge in [0.15, 0.2) is 0 Å². The molecule has 0 bridgehead atoms. The minimum absolute atomic E-state index is 0.0139. The van der Waals surface area contributed by atoms with Crippen LogP contribution in [0.25, 0.3) is 10.4 Å². The predicted molar refractivity (Wildman–Crippen MR) is 123 cm³/mol. The highest BCUT2D eigenvalue weighted by molar-refractivity contribution is 7.13. The number of methoxy groups -OCH3 is 1. The summed E-state index contributed by atoms with van der Waals surface area (Å²) in [7, 11) is 1.60. The lowest BCUT2D eigenvalue weighted by molar-refractivity contribution is -0.131. The van der Waals surface area contributed by atoms with Crippen LogP contribution in [0, 0.1) is 5.41 Å². The van der Waals surface area contributed by atoms with Crippen molar-refractivity contribution >= 4 is 23.2 Å². The Morgan fingerprint density at radius 1 is 1.13 bits per heavy atom. The van der Waals surface area contributed by atoms with Crippen LogP contribution in [-0.4, -0.2) is 36.9 Å². The number of likely N-dealkylation sites (tertiary alicyclic amines) is 1. The van der Waals surface area contributed by atoms with Gasteiger partial charge >= 0.3 is 0 Å². The number of amides is 2. The average molecular weight is 435 g/mol. The molecule has 1 fully saturated rings. The van der Waals surface area contributed by atoms with Crippen LogP contribution in [0.1, 0.15) is 17.5 Å². The molecule has 0 aliphatic carbocycles. The maximum atomic E-state index is 13.0. The molecule has 1 aliphatic rings. The highest BCUT2D eigenvalue weighted by Gasteiger charge is 2.44. The molecule has 31 heavy (non-hydrogen) atoms. The number of thiophene rings is 1. The highest BCUT2D eigenvalue weighted by Crippen LogP contribution is 2.36.